The van der Waals surface area contributed by atoms with Crippen molar-refractivity contribution in [3.05, 3.63) is 12.7 Å². The number of unbranched alkanes of at least 4 members (excludes halogenated alkanes) is 5. The van der Waals surface area contributed by atoms with Crippen LogP contribution in [0.2, 0.25) is 0 Å². The zero-order chi connectivity index (χ0) is 15.8. The Hall–Kier alpha value is -1.32. The van der Waals surface area contributed by atoms with E-state index >= 15 is 0 Å². The van der Waals surface area contributed by atoms with Crippen molar-refractivity contribution >= 4 is 11.9 Å². The molecule has 0 aliphatic rings. The summed E-state index contributed by atoms with van der Waals surface area (Å²) in [4.78, 5) is 22.8. The molecule has 0 bridgehead atoms. The quantitative estimate of drug-likeness (QED) is 0.274. The van der Waals surface area contributed by atoms with Gasteiger partial charge in [0.15, 0.2) is 0 Å². The second-order valence-electron chi connectivity index (χ2n) is 5.14. The SMILES string of the molecule is C=CCCCOC(=O)CCCC(=O)OCCCCCCC. The number of hydrogen-bond acceptors (Lipinski definition) is 4. The van der Waals surface area contributed by atoms with Gasteiger partial charge in [0.05, 0.1) is 13.2 Å². The first-order valence-corrected chi connectivity index (χ1v) is 8.12. The maximum absolute atomic E-state index is 11.4. The zero-order valence-electron chi connectivity index (χ0n) is 13.4. The molecule has 0 aliphatic carbocycles. The molecule has 0 rings (SSSR count). The molecule has 0 fully saturated rings. The van der Waals surface area contributed by atoms with Crippen molar-refractivity contribution in [2.24, 2.45) is 0 Å². The van der Waals surface area contributed by atoms with Crippen LogP contribution in [-0.4, -0.2) is 25.2 Å². The molecule has 0 aliphatic heterocycles. The van der Waals surface area contributed by atoms with Gasteiger partial charge in [-0.05, 0) is 25.7 Å². The molecule has 0 spiro atoms. The predicted octanol–water partition coefficient (Wildman–Crippen LogP) is 4.18. The highest BCUT2D eigenvalue weighted by Gasteiger charge is 2.07. The molecular weight excluding hydrogens is 268 g/mol. The highest BCUT2D eigenvalue weighted by molar-refractivity contribution is 5.72. The summed E-state index contributed by atoms with van der Waals surface area (Å²) in [7, 11) is 0. The lowest BCUT2D eigenvalue weighted by atomic mass is 10.2. The van der Waals surface area contributed by atoms with Crippen molar-refractivity contribution in [2.45, 2.75) is 71.1 Å². The van der Waals surface area contributed by atoms with Crippen LogP contribution in [0, 0.1) is 0 Å². The van der Waals surface area contributed by atoms with E-state index in [2.05, 4.69) is 13.5 Å². The van der Waals surface area contributed by atoms with Crippen molar-refractivity contribution in [1.29, 1.82) is 0 Å². The van der Waals surface area contributed by atoms with Crippen LogP contribution in [0.15, 0.2) is 12.7 Å². The van der Waals surface area contributed by atoms with Crippen molar-refractivity contribution in [1.82, 2.24) is 0 Å². The minimum absolute atomic E-state index is 0.218. The van der Waals surface area contributed by atoms with Gasteiger partial charge in [0, 0.05) is 12.8 Å². The molecule has 4 heteroatoms. The Kier molecular flexibility index (Phi) is 14.1. The van der Waals surface area contributed by atoms with Gasteiger partial charge in [-0.15, -0.1) is 6.58 Å². The minimum atomic E-state index is -0.244. The van der Waals surface area contributed by atoms with Crippen molar-refractivity contribution in [3.63, 3.8) is 0 Å². The van der Waals surface area contributed by atoms with Gasteiger partial charge in [0.2, 0.25) is 0 Å². The Balaban J connectivity index is 3.36. The average Bonchev–Trinajstić information content (AvgIpc) is 2.47. The molecule has 0 aromatic rings. The second kappa shape index (κ2) is 15.1. The van der Waals surface area contributed by atoms with E-state index in [1.165, 1.54) is 19.3 Å². The molecule has 21 heavy (non-hydrogen) atoms. The highest BCUT2D eigenvalue weighted by Crippen LogP contribution is 2.04. The Labute approximate surface area is 128 Å². The Morgan fingerprint density at radius 3 is 2.00 bits per heavy atom. The highest BCUT2D eigenvalue weighted by atomic mass is 16.5. The van der Waals surface area contributed by atoms with Crippen LogP contribution >= 0.6 is 0 Å². The van der Waals surface area contributed by atoms with E-state index in [0.717, 1.165) is 25.7 Å². The van der Waals surface area contributed by atoms with Gasteiger partial charge in [-0.2, -0.15) is 0 Å². The lowest BCUT2D eigenvalue weighted by Gasteiger charge is -2.05. The van der Waals surface area contributed by atoms with Gasteiger partial charge < -0.3 is 9.47 Å². The summed E-state index contributed by atoms with van der Waals surface area (Å²) in [6.45, 7) is 6.69. The summed E-state index contributed by atoms with van der Waals surface area (Å²) in [6, 6.07) is 0. The van der Waals surface area contributed by atoms with E-state index in [0.29, 0.717) is 19.6 Å². The molecule has 0 atom stereocenters. The number of carbonyl (C=O) groups is 2. The third kappa shape index (κ3) is 14.9. The maximum Gasteiger partial charge on any atom is 0.305 e. The molecule has 0 aromatic heterocycles. The molecule has 0 heterocycles. The maximum atomic E-state index is 11.4. The summed E-state index contributed by atoms with van der Waals surface area (Å²) >= 11 is 0. The van der Waals surface area contributed by atoms with E-state index in [9.17, 15) is 9.59 Å². The van der Waals surface area contributed by atoms with E-state index < -0.39 is 0 Å². The smallest absolute Gasteiger partial charge is 0.305 e. The monoisotopic (exact) mass is 298 g/mol. The van der Waals surface area contributed by atoms with Crippen molar-refractivity contribution in [3.8, 4) is 0 Å². The fourth-order valence-corrected chi connectivity index (χ4v) is 1.83. The van der Waals surface area contributed by atoms with Gasteiger partial charge in [-0.1, -0.05) is 38.7 Å². The molecule has 4 nitrogen and oxygen atoms in total. The molecule has 0 N–H and O–H groups in total. The normalized spacial score (nSPS) is 10.1. The van der Waals surface area contributed by atoms with E-state index in [1.807, 2.05) is 0 Å². The third-order valence-electron chi connectivity index (χ3n) is 3.09. The lowest BCUT2D eigenvalue weighted by Crippen LogP contribution is -2.09. The Morgan fingerprint density at radius 2 is 1.43 bits per heavy atom. The molecule has 0 unspecified atom stereocenters. The topological polar surface area (TPSA) is 52.6 Å². The van der Waals surface area contributed by atoms with E-state index in [-0.39, 0.29) is 24.8 Å². The van der Waals surface area contributed by atoms with E-state index in [1.54, 1.807) is 6.08 Å². The van der Waals surface area contributed by atoms with Gasteiger partial charge >= 0.3 is 11.9 Å². The summed E-state index contributed by atoms with van der Waals surface area (Å²) in [5.74, 6) is -0.462. The number of rotatable bonds is 14. The average molecular weight is 298 g/mol. The standard InChI is InChI=1S/C17H30O4/c1-3-5-7-8-10-15-21-17(19)13-11-12-16(18)20-14-9-6-4-2/h4H,2-3,5-15H2,1H3. The van der Waals surface area contributed by atoms with Crippen LogP contribution < -0.4 is 0 Å². The fraction of sp³-hybridized carbons (Fsp3) is 0.765. The van der Waals surface area contributed by atoms with Gasteiger partial charge in [-0.3, -0.25) is 9.59 Å². The second-order valence-corrected chi connectivity index (χ2v) is 5.14. The van der Waals surface area contributed by atoms with Gasteiger partial charge in [-0.25, -0.2) is 0 Å². The van der Waals surface area contributed by atoms with Crippen molar-refractivity contribution in [2.75, 3.05) is 13.2 Å². The molecular formula is C17H30O4. The summed E-state index contributed by atoms with van der Waals surface area (Å²) in [5, 5.41) is 0. The molecule has 122 valence electrons. The summed E-state index contributed by atoms with van der Waals surface area (Å²) in [6.07, 6.45) is 10.2. The van der Waals surface area contributed by atoms with E-state index in [4.69, 9.17) is 9.47 Å². The van der Waals surface area contributed by atoms with Crippen molar-refractivity contribution < 1.29 is 19.1 Å². The van der Waals surface area contributed by atoms with Crippen LogP contribution in [0.1, 0.15) is 71.1 Å². The fourth-order valence-electron chi connectivity index (χ4n) is 1.83. The first-order valence-electron chi connectivity index (χ1n) is 8.12. The summed E-state index contributed by atoms with van der Waals surface area (Å²) < 4.78 is 10.1. The molecule has 0 saturated heterocycles. The number of hydrogen-bond donors (Lipinski definition) is 0. The minimum Gasteiger partial charge on any atom is -0.466 e. The number of carbonyl (C=O) groups excluding carboxylic acids is 2. The lowest BCUT2D eigenvalue weighted by molar-refractivity contribution is -0.145. The first kappa shape index (κ1) is 19.7. The zero-order valence-corrected chi connectivity index (χ0v) is 13.4. The Bertz CT molecular complexity index is 287. The van der Waals surface area contributed by atoms with Crippen LogP contribution in [-0.2, 0) is 19.1 Å². The summed E-state index contributed by atoms with van der Waals surface area (Å²) in [5.41, 5.74) is 0. The Morgan fingerprint density at radius 1 is 0.857 bits per heavy atom. The predicted molar refractivity (Wildman–Crippen MR) is 84.0 cm³/mol. The van der Waals surface area contributed by atoms with Gasteiger partial charge in [0.1, 0.15) is 0 Å². The number of allylic oxidation sites excluding steroid dienone is 1. The van der Waals surface area contributed by atoms with Crippen LogP contribution in [0.25, 0.3) is 0 Å². The molecule has 0 amide bonds. The first-order chi connectivity index (χ1) is 10.2. The van der Waals surface area contributed by atoms with Gasteiger partial charge in [0.25, 0.3) is 0 Å². The molecule has 0 aromatic carbocycles. The molecule has 0 radical (unpaired) electrons. The largest absolute Gasteiger partial charge is 0.466 e. The number of ether oxygens (including phenoxy) is 2. The van der Waals surface area contributed by atoms with Crippen LogP contribution in [0.5, 0.6) is 0 Å². The third-order valence-corrected chi connectivity index (χ3v) is 3.09. The number of esters is 2. The molecule has 0 saturated carbocycles. The van der Waals surface area contributed by atoms with Crippen LogP contribution in [0.4, 0.5) is 0 Å². The van der Waals surface area contributed by atoms with Crippen LogP contribution in [0.3, 0.4) is 0 Å².